The van der Waals surface area contributed by atoms with E-state index in [-0.39, 0.29) is 0 Å². The van der Waals surface area contributed by atoms with Crippen molar-refractivity contribution in [2.75, 3.05) is 23.7 Å². The lowest BCUT2D eigenvalue weighted by molar-refractivity contribution is 0.467. The smallest absolute Gasteiger partial charge is 0.177 e. The van der Waals surface area contributed by atoms with Crippen molar-refractivity contribution >= 4 is 23.3 Å². The second-order valence-corrected chi connectivity index (χ2v) is 6.00. The van der Waals surface area contributed by atoms with E-state index >= 15 is 0 Å². The van der Waals surface area contributed by atoms with E-state index in [9.17, 15) is 0 Å². The van der Waals surface area contributed by atoms with Crippen LogP contribution in [0.3, 0.4) is 0 Å². The fraction of sp³-hybridized carbons (Fsp3) is 0.529. The topological polar surface area (TPSA) is 54.0 Å². The Bertz CT molecular complexity index is 584. The zero-order valence-corrected chi connectivity index (χ0v) is 13.0. The fourth-order valence-electron chi connectivity index (χ4n) is 3.28. The average Bonchev–Trinajstić information content (AvgIpc) is 2.91. The van der Waals surface area contributed by atoms with Crippen molar-refractivity contribution in [3.05, 3.63) is 23.8 Å². The lowest BCUT2D eigenvalue weighted by atomic mass is 9.95. The molecule has 21 heavy (non-hydrogen) atoms. The van der Waals surface area contributed by atoms with Gasteiger partial charge in [0, 0.05) is 36.2 Å². The van der Waals surface area contributed by atoms with Crippen LogP contribution in [0.5, 0.6) is 0 Å². The molecule has 4 heteroatoms. The summed E-state index contributed by atoms with van der Waals surface area (Å²) in [7, 11) is 0. The van der Waals surface area contributed by atoms with Crippen LogP contribution in [0.15, 0.2) is 28.2 Å². The number of piperidine rings is 1. The molecule has 2 N–H and O–H groups in total. The highest BCUT2D eigenvalue weighted by molar-refractivity contribution is 6.30. The fourth-order valence-corrected chi connectivity index (χ4v) is 3.28. The molecule has 2 heterocycles. The van der Waals surface area contributed by atoms with Crippen molar-refractivity contribution in [1.82, 2.24) is 0 Å². The van der Waals surface area contributed by atoms with Gasteiger partial charge in [0.05, 0.1) is 5.71 Å². The Balaban J connectivity index is 2.00. The number of benzene rings is 1. The Kier molecular flexibility index (Phi) is 3.70. The Labute approximate surface area is 126 Å². The molecular formula is C17H24N4. The summed E-state index contributed by atoms with van der Waals surface area (Å²) in [5.74, 6) is 0. The van der Waals surface area contributed by atoms with Crippen LogP contribution in [0, 0.1) is 0 Å². The summed E-state index contributed by atoms with van der Waals surface area (Å²) in [5, 5.41) is 0. The molecule has 4 nitrogen and oxygen atoms in total. The number of aliphatic imine (C=N–C) groups is 2. The van der Waals surface area contributed by atoms with E-state index in [1.165, 1.54) is 24.9 Å². The highest BCUT2D eigenvalue weighted by atomic mass is 15.1. The number of anilines is 2. The first-order chi connectivity index (χ1) is 10.1. The third kappa shape index (κ3) is 2.55. The van der Waals surface area contributed by atoms with Gasteiger partial charge >= 0.3 is 0 Å². The maximum Gasteiger partial charge on any atom is 0.177 e. The van der Waals surface area contributed by atoms with Crippen molar-refractivity contribution < 1.29 is 0 Å². The summed E-state index contributed by atoms with van der Waals surface area (Å²) in [6, 6.07) is 6.34. The summed E-state index contributed by atoms with van der Waals surface area (Å²) in [6.07, 6.45) is 6.57. The van der Waals surface area contributed by atoms with E-state index in [0.29, 0.717) is 0 Å². The molecule has 1 saturated heterocycles. The van der Waals surface area contributed by atoms with Crippen molar-refractivity contribution in [3.8, 4) is 0 Å². The van der Waals surface area contributed by atoms with Gasteiger partial charge in [-0.1, -0.05) is 6.92 Å². The molecule has 2 aliphatic rings. The lowest BCUT2D eigenvalue weighted by Gasteiger charge is -2.31. The van der Waals surface area contributed by atoms with Crippen LogP contribution in [0.25, 0.3) is 0 Å². The third-order valence-corrected chi connectivity index (χ3v) is 4.51. The van der Waals surface area contributed by atoms with E-state index in [4.69, 9.17) is 10.7 Å². The van der Waals surface area contributed by atoms with E-state index < -0.39 is 5.66 Å². The van der Waals surface area contributed by atoms with Gasteiger partial charge in [-0.05, 0) is 50.8 Å². The van der Waals surface area contributed by atoms with Crippen LogP contribution in [0.2, 0.25) is 0 Å². The molecule has 0 radical (unpaired) electrons. The van der Waals surface area contributed by atoms with Crippen molar-refractivity contribution in [3.63, 3.8) is 0 Å². The maximum absolute atomic E-state index is 6.24. The molecule has 1 atom stereocenters. The first-order valence-electron chi connectivity index (χ1n) is 7.91. The van der Waals surface area contributed by atoms with Crippen molar-refractivity contribution in [2.45, 2.75) is 45.2 Å². The van der Waals surface area contributed by atoms with E-state index in [0.717, 1.165) is 36.5 Å². The van der Waals surface area contributed by atoms with Crippen LogP contribution >= 0.6 is 0 Å². The Hall–Kier alpha value is -1.84. The quantitative estimate of drug-likeness (QED) is 0.865. The number of nitrogens with two attached hydrogens (primary N) is 1. The van der Waals surface area contributed by atoms with E-state index in [1.54, 1.807) is 0 Å². The molecule has 0 aromatic heterocycles. The minimum absolute atomic E-state index is 0.514. The number of hydrogen-bond acceptors (Lipinski definition) is 4. The number of rotatable bonds is 3. The van der Waals surface area contributed by atoms with Crippen LogP contribution in [0.1, 0.15) is 45.1 Å². The predicted octanol–water partition coefficient (Wildman–Crippen LogP) is 3.37. The van der Waals surface area contributed by atoms with Crippen LogP contribution in [-0.4, -0.2) is 25.0 Å². The third-order valence-electron chi connectivity index (χ3n) is 4.51. The van der Waals surface area contributed by atoms with Crippen LogP contribution in [-0.2, 0) is 5.66 Å². The van der Waals surface area contributed by atoms with Crippen LogP contribution < -0.4 is 10.6 Å². The first-order valence-corrected chi connectivity index (χ1v) is 7.91. The Morgan fingerprint density at radius 2 is 2.00 bits per heavy atom. The van der Waals surface area contributed by atoms with Gasteiger partial charge in [-0.3, -0.25) is 9.98 Å². The summed E-state index contributed by atoms with van der Waals surface area (Å²) < 4.78 is 0. The first kappa shape index (κ1) is 14.1. The summed E-state index contributed by atoms with van der Waals surface area (Å²) in [5.41, 5.74) is 9.78. The summed E-state index contributed by atoms with van der Waals surface area (Å²) >= 11 is 0. The molecule has 0 aliphatic carbocycles. The molecule has 112 valence electrons. The lowest BCUT2D eigenvalue weighted by Crippen LogP contribution is -2.30. The second kappa shape index (κ2) is 5.51. The zero-order valence-electron chi connectivity index (χ0n) is 13.0. The largest absolute Gasteiger partial charge is 0.398 e. The van der Waals surface area contributed by atoms with Gasteiger partial charge in [-0.15, -0.1) is 0 Å². The molecule has 0 bridgehead atoms. The predicted molar refractivity (Wildman–Crippen MR) is 90.5 cm³/mol. The van der Waals surface area contributed by atoms with E-state index in [2.05, 4.69) is 28.9 Å². The molecule has 1 fully saturated rings. The van der Waals surface area contributed by atoms with Gasteiger partial charge in [0.25, 0.3) is 0 Å². The molecule has 1 aromatic rings. The van der Waals surface area contributed by atoms with Gasteiger partial charge in [0.15, 0.2) is 5.66 Å². The number of nitrogen functional groups attached to an aromatic ring is 1. The maximum atomic E-state index is 6.24. The van der Waals surface area contributed by atoms with Crippen molar-refractivity contribution in [2.24, 2.45) is 9.98 Å². The molecule has 1 aromatic carbocycles. The highest BCUT2D eigenvalue weighted by Crippen LogP contribution is 2.39. The van der Waals surface area contributed by atoms with E-state index in [1.807, 2.05) is 19.2 Å². The van der Waals surface area contributed by atoms with Gasteiger partial charge in [0.1, 0.15) is 0 Å². The summed E-state index contributed by atoms with van der Waals surface area (Å²) in [6.45, 7) is 6.38. The normalized spacial score (nSPS) is 25.2. The standard InChI is InChI=1S/C17H24N4/c1-3-17(19-12-13(2)20-17)15-11-14(7-8-16(15)18)21-9-5-4-6-10-21/h7-8,11-12H,3-6,9-10,18H2,1-2H3. The minimum Gasteiger partial charge on any atom is -0.398 e. The monoisotopic (exact) mass is 284 g/mol. The molecule has 0 amide bonds. The number of nitrogens with zero attached hydrogens (tertiary/aromatic N) is 3. The van der Waals surface area contributed by atoms with Gasteiger partial charge in [0.2, 0.25) is 0 Å². The zero-order chi connectivity index (χ0) is 14.9. The molecule has 3 rings (SSSR count). The Morgan fingerprint density at radius 3 is 2.62 bits per heavy atom. The van der Waals surface area contributed by atoms with Gasteiger partial charge < -0.3 is 10.6 Å². The SMILES string of the molecule is CCC1(c2cc(N3CCCCC3)ccc2N)N=CC(C)=N1. The number of hydrogen-bond donors (Lipinski definition) is 1. The molecule has 2 aliphatic heterocycles. The molecule has 0 saturated carbocycles. The second-order valence-electron chi connectivity index (χ2n) is 6.00. The van der Waals surface area contributed by atoms with Gasteiger partial charge in [-0.2, -0.15) is 0 Å². The molecular weight excluding hydrogens is 260 g/mol. The van der Waals surface area contributed by atoms with Gasteiger partial charge in [-0.25, -0.2) is 0 Å². The molecule has 1 unspecified atom stereocenters. The highest BCUT2D eigenvalue weighted by Gasteiger charge is 2.33. The van der Waals surface area contributed by atoms with Crippen molar-refractivity contribution in [1.29, 1.82) is 0 Å². The Morgan fingerprint density at radius 1 is 1.24 bits per heavy atom. The average molecular weight is 284 g/mol. The summed E-state index contributed by atoms with van der Waals surface area (Å²) in [4.78, 5) is 11.9. The van der Waals surface area contributed by atoms with Crippen LogP contribution in [0.4, 0.5) is 11.4 Å². The minimum atomic E-state index is -0.514. The molecule has 0 spiro atoms.